The average Bonchev–Trinajstić information content (AvgIpc) is 2.34. The van der Waals surface area contributed by atoms with Gasteiger partial charge in [0.25, 0.3) is 0 Å². The molecule has 0 radical (unpaired) electrons. The molecule has 0 spiro atoms. The van der Waals surface area contributed by atoms with Gasteiger partial charge in [-0.3, -0.25) is 0 Å². The van der Waals surface area contributed by atoms with Gasteiger partial charge >= 0.3 is 0 Å². The number of aromatic nitrogens is 1. The first-order chi connectivity index (χ1) is 4.74. The number of hydrogen-bond donors (Lipinski definition) is 0. The van der Waals surface area contributed by atoms with Crippen molar-refractivity contribution < 1.29 is 4.52 Å². The van der Waals surface area contributed by atoms with Gasteiger partial charge in [-0.1, -0.05) is 34.9 Å². The summed E-state index contributed by atoms with van der Waals surface area (Å²) in [6.07, 6.45) is 0. The number of halogens is 1. The Morgan fingerprint density at radius 2 is 2.40 bits per heavy atom. The number of hydrogen-bond acceptors (Lipinski definition) is 2. The van der Waals surface area contributed by atoms with E-state index in [1.165, 1.54) is 0 Å². The maximum absolute atomic E-state index is 4.98. The van der Waals surface area contributed by atoms with Crippen molar-refractivity contribution >= 4 is 15.9 Å². The summed E-state index contributed by atoms with van der Waals surface area (Å²) in [5, 5.41) is 4.62. The molecule has 10 heavy (non-hydrogen) atoms. The Hall–Kier alpha value is -0.310. The number of alkyl halides is 1. The van der Waals surface area contributed by atoms with E-state index in [1.807, 2.05) is 6.07 Å². The molecule has 1 rings (SSSR count). The van der Waals surface area contributed by atoms with E-state index < -0.39 is 0 Å². The maximum atomic E-state index is 4.98. The van der Waals surface area contributed by atoms with Crippen LogP contribution in [0.3, 0.4) is 0 Å². The zero-order valence-corrected chi connectivity index (χ0v) is 7.68. The Labute approximate surface area is 68.7 Å². The lowest BCUT2D eigenvalue weighted by Crippen LogP contribution is -1.84. The molecule has 0 bridgehead atoms. The second kappa shape index (κ2) is 3.19. The largest absolute Gasteiger partial charge is 0.360 e. The minimum atomic E-state index is 0.455. The Balaban J connectivity index is 2.78. The molecule has 0 aromatic carbocycles. The molecule has 0 amide bonds. The molecular weight excluding hydrogens is 194 g/mol. The minimum absolute atomic E-state index is 0.455. The van der Waals surface area contributed by atoms with Crippen LogP contribution >= 0.6 is 15.9 Å². The van der Waals surface area contributed by atoms with Crippen molar-refractivity contribution in [1.29, 1.82) is 0 Å². The van der Waals surface area contributed by atoms with E-state index in [-0.39, 0.29) is 0 Å². The van der Waals surface area contributed by atoms with E-state index in [2.05, 4.69) is 34.9 Å². The highest BCUT2D eigenvalue weighted by Gasteiger charge is 2.05. The van der Waals surface area contributed by atoms with Gasteiger partial charge in [-0.2, -0.15) is 0 Å². The number of nitrogens with zero attached hydrogens (tertiary/aromatic N) is 1. The summed E-state index contributed by atoms with van der Waals surface area (Å²) in [4.78, 5) is 0. The minimum Gasteiger partial charge on any atom is -0.360 e. The summed E-state index contributed by atoms with van der Waals surface area (Å²) in [5.41, 5.74) is 1.02. The molecule has 0 atom stereocenters. The summed E-state index contributed by atoms with van der Waals surface area (Å²) in [6.45, 7) is 4.19. The number of rotatable bonds is 2. The van der Waals surface area contributed by atoms with Gasteiger partial charge in [0.1, 0.15) is 5.76 Å². The first-order valence-corrected chi connectivity index (χ1v) is 4.37. The molecule has 0 saturated carbocycles. The smallest absolute Gasteiger partial charge is 0.147 e. The van der Waals surface area contributed by atoms with E-state index in [0.717, 1.165) is 16.8 Å². The third-order valence-corrected chi connectivity index (χ3v) is 1.85. The molecule has 1 aromatic heterocycles. The summed E-state index contributed by atoms with van der Waals surface area (Å²) in [7, 11) is 0. The van der Waals surface area contributed by atoms with Crippen molar-refractivity contribution in [2.75, 3.05) is 0 Å². The van der Waals surface area contributed by atoms with Crippen LogP contribution in [0.25, 0.3) is 0 Å². The standard InChI is InChI=1S/C7H10BrNO/c1-5(2)7-3-6(4-8)10-9-7/h3,5H,4H2,1-2H3. The van der Waals surface area contributed by atoms with E-state index in [1.54, 1.807) is 0 Å². The van der Waals surface area contributed by atoms with Gasteiger partial charge in [-0.25, -0.2) is 0 Å². The summed E-state index contributed by atoms with van der Waals surface area (Å²) in [6, 6.07) is 1.97. The van der Waals surface area contributed by atoms with Crippen LogP contribution in [0.4, 0.5) is 0 Å². The Morgan fingerprint density at radius 3 is 2.70 bits per heavy atom. The molecule has 1 aromatic rings. The van der Waals surface area contributed by atoms with Crippen molar-refractivity contribution in [1.82, 2.24) is 5.16 Å². The Morgan fingerprint density at radius 1 is 1.70 bits per heavy atom. The van der Waals surface area contributed by atoms with E-state index in [4.69, 9.17) is 4.52 Å². The molecule has 2 nitrogen and oxygen atoms in total. The van der Waals surface area contributed by atoms with Gasteiger partial charge in [0.15, 0.2) is 0 Å². The van der Waals surface area contributed by atoms with Crippen molar-refractivity contribution in [3.05, 3.63) is 17.5 Å². The Bertz CT molecular complexity index is 207. The quantitative estimate of drug-likeness (QED) is 0.692. The zero-order chi connectivity index (χ0) is 7.56. The predicted octanol–water partition coefficient (Wildman–Crippen LogP) is 2.69. The second-order valence-corrected chi connectivity index (χ2v) is 3.07. The van der Waals surface area contributed by atoms with E-state index in [9.17, 15) is 0 Å². The first kappa shape index (κ1) is 7.79. The fourth-order valence-electron chi connectivity index (χ4n) is 0.664. The van der Waals surface area contributed by atoms with Crippen molar-refractivity contribution in [3.8, 4) is 0 Å². The highest BCUT2D eigenvalue weighted by molar-refractivity contribution is 9.08. The average molecular weight is 204 g/mol. The van der Waals surface area contributed by atoms with Crippen LogP contribution in [-0.2, 0) is 5.33 Å². The van der Waals surface area contributed by atoms with Crippen LogP contribution in [0.2, 0.25) is 0 Å². The molecule has 3 heteroatoms. The normalized spacial score (nSPS) is 10.8. The van der Waals surface area contributed by atoms with E-state index >= 15 is 0 Å². The van der Waals surface area contributed by atoms with E-state index in [0.29, 0.717) is 5.92 Å². The molecule has 0 N–H and O–H groups in total. The monoisotopic (exact) mass is 203 g/mol. The van der Waals surface area contributed by atoms with Crippen molar-refractivity contribution in [3.63, 3.8) is 0 Å². The summed E-state index contributed by atoms with van der Waals surface area (Å²) in [5.74, 6) is 1.35. The van der Waals surface area contributed by atoms with Gasteiger partial charge in [0, 0.05) is 6.07 Å². The molecule has 0 saturated heterocycles. The third kappa shape index (κ3) is 1.59. The molecule has 0 unspecified atom stereocenters. The topological polar surface area (TPSA) is 26.0 Å². The predicted molar refractivity (Wildman–Crippen MR) is 43.2 cm³/mol. The lowest BCUT2D eigenvalue weighted by molar-refractivity contribution is 0.386. The zero-order valence-electron chi connectivity index (χ0n) is 6.10. The third-order valence-electron chi connectivity index (χ3n) is 1.30. The molecular formula is C7H10BrNO. The lowest BCUT2D eigenvalue weighted by atomic mass is 10.1. The van der Waals surface area contributed by atoms with Gasteiger partial charge in [0.2, 0.25) is 0 Å². The second-order valence-electron chi connectivity index (χ2n) is 2.51. The summed E-state index contributed by atoms with van der Waals surface area (Å²) >= 11 is 3.29. The molecule has 0 aliphatic heterocycles. The van der Waals surface area contributed by atoms with Crippen LogP contribution < -0.4 is 0 Å². The van der Waals surface area contributed by atoms with Crippen LogP contribution in [0.5, 0.6) is 0 Å². The fraction of sp³-hybridized carbons (Fsp3) is 0.571. The Kier molecular flexibility index (Phi) is 2.49. The highest BCUT2D eigenvalue weighted by Crippen LogP contribution is 2.15. The van der Waals surface area contributed by atoms with Crippen molar-refractivity contribution in [2.45, 2.75) is 25.1 Å². The molecule has 56 valence electrons. The van der Waals surface area contributed by atoms with Crippen LogP contribution in [0.15, 0.2) is 10.6 Å². The SMILES string of the molecule is CC(C)c1cc(CBr)on1. The lowest BCUT2D eigenvalue weighted by Gasteiger charge is -1.92. The van der Waals surface area contributed by atoms with Gasteiger partial charge in [0.05, 0.1) is 11.0 Å². The van der Waals surface area contributed by atoms with Crippen LogP contribution in [0, 0.1) is 0 Å². The molecule has 0 aliphatic carbocycles. The maximum Gasteiger partial charge on any atom is 0.147 e. The van der Waals surface area contributed by atoms with Gasteiger partial charge < -0.3 is 4.52 Å². The van der Waals surface area contributed by atoms with Gasteiger partial charge in [-0.05, 0) is 5.92 Å². The van der Waals surface area contributed by atoms with Crippen LogP contribution in [-0.4, -0.2) is 5.16 Å². The van der Waals surface area contributed by atoms with Crippen LogP contribution in [0.1, 0.15) is 31.2 Å². The molecule has 1 heterocycles. The fourth-order valence-corrected chi connectivity index (χ4v) is 0.928. The van der Waals surface area contributed by atoms with Crippen molar-refractivity contribution in [2.24, 2.45) is 0 Å². The molecule has 0 aliphatic rings. The summed E-state index contributed by atoms with van der Waals surface area (Å²) < 4.78 is 4.98. The highest BCUT2D eigenvalue weighted by atomic mass is 79.9. The molecule has 0 fully saturated rings. The first-order valence-electron chi connectivity index (χ1n) is 3.25. The van der Waals surface area contributed by atoms with Gasteiger partial charge in [-0.15, -0.1) is 0 Å².